The zero-order chi connectivity index (χ0) is 15.2. The zero-order valence-electron chi connectivity index (χ0n) is 12.4. The van der Waals surface area contributed by atoms with Crippen molar-refractivity contribution < 1.29 is 9.18 Å². The molecule has 21 heavy (non-hydrogen) atoms. The molecule has 1 aromatic carbocycles. The van der Waals surface area contributed by atoms with E-state index >= 15 is 0 Å². The molecule has 0 aliphatic carbocycles. The minimum absolute atomic E-state index is 0.0873. The summed E-state index contributed by atoms with van der Waals surface area (Å²) in [5.74, 6) is -0.0153. The lowest BCUT2D eigenvalue weighted by Gasteiger charge is -2.30. The molecule has 1 aromatic rings. The summed E-state index contributed by atoms with van der Waals surface area (Å²) >= 11 is 3.22. The second-order valence-electron chi connectivity index (χ2n) is 5.73. The summed E-state index contributed by atoms with van der Waals surface area (Å²) < 4.78 is 14.1. The molecule has 116 valence electrons. The maximum absolute atomic E-state index is 13.6. The van der Waals surface area contributed by atoms with Gasteiger partial charge in [0.15, 0.2) is 0 Å². The zero-order valence-corrected chi connectivity index (χ0v) is 14.0. The third-order valence-electron chi connectivity index (χ3n) is 4.00. The van der Waals surface area contributed by atoms with E-state index in [-0.39, 0.29) is 11.5 Å². The number of carbonyl (C=O) groups is 1. The minimum Gasteiger partial charge on any atom is -0.352 e. The first kappa shape index (κ1) is 16.4. The van der Waals surface area contributed by atoms with Gasteiger partial charge in [0.05, 0.1) is 5.56 Å². The van der Waals surface area contributed by atoms with E-state index in [2.05, 4.69) is 33.1 Å². The predicted octanol–water partition coefficient (Wildman–Crippen LogP) is 3.44. The van der Waals surface area contributed by atoms with Gasteiger partial charge in [-0.2, -0.15) is 0 Å². The van der Waals surface area contributed by atoms with E-state index in [0.717, 1.165) is 32.0 Å². The topological polar surface area (TPSA) is 32.3 Å². The number of benzene rings is 1. The van der Waals surface area contributed by atoms with Crippen LogP contribution < -0.4 is 5.32 Å². The van der Waals surface area contributed by atoms with Crippen LogP contribution in [0.25, 0.3) is 0 Å². The maximum atomic E-state index is 13.6. The highest BCUT2D eigenvalue weighted by molar-refractivity contribution is 9.10. The van der Waals surface area contributed by atoms with Gasteiger partial charge in [-0.15, -0.1) is 0 Å². The Morgan fingerprint density at radius 1 is 1.43 bits per heavy atom. The van der Waals surface area contributed by atoms with Gasteiger partial charge < -0.3 is 10.2 Å². The number of nitrogens with zero attached hydrogens (tertiary/aromatic N) is 1. The highest BCUT2D eigenvalue weighted by Gasteiger charge is 2.16. The van der Waals surface area contributed by atoms with Crippen molar-refractivity contribution in [1.29, 1.82) is 0 Å². The van der Waals surface area contributed by atoms with Crippen LogP contribution in [0.4, 0.5) is 4.39 Å². The van der Waals surface area contributed by atoms with E-state index in [1.807, 2.05) is 0 Å². The van der Waals surface area contributed by atoms with Crippen LogP contribution in [0.15, 0.2) is 22.7 Å². The van der Waals surface area contributed by atoms with Crippen molar-refractivity contribution in [1.82, 2.24) is 10.2 Å². The van der Waals surface area contributed by atoms with Crippen molar-refractivity contribution in [3.63, 3.8) is 0 Å². The van der Waals surface area contributed by atoms with Crippen LogP contribution in [-0.2, 0) is 0 Å². The third-order valence-corrected chi connectivity index (χ3v) is 4.66. The Bertz CT molecular complexity index is 467. The van der Waals surface area contributed by atoms with Crippen molar-refractivity contribution in [2.45, 2.75) is 26.2 Å². The quantitative estimate of drug-likeness (QED) is 0.819. The summed E-state index contributed by atoms with van der Waals surface area (Å²) in [7, 11) is 0. The molecule has 1 fully saturated rings. The molecule has 0 bridgehead atoms. The van der Waals surface area contributed by atoms with Crippen molar-refractivity contribution in [2.24, 2.45) is 5.92 Å². The van der Waals surface area contributed by atoms with Crippen LogP contribution in [-0.4, -0.2) is 37.0 Å². The number of amides is 1. The number of halogens is 2. The Hall–Kier alpha value is -0.940. The molecule has 0 aromatic heterocycles. The second-order valence-corrected chi connectivity index (χ2v) is 6.58. The lowest BCUT2D eigenvalue weighted by molar-refractivity contribution is 0.0945. The van der Waals surface area contributed by atoms with Crippen LogP contribution in [0.3, 0.4) is 0 Å². The molecule has 0 radical (unpaired) electrons. The summed E-state index contributed by atoms with van der Waals surface area (Å²) in [6.45, 7) is 6.16. The average Bonchev–Trinajstić information content (AvgIpc) is 2.45. The third kappa shape index (κ3) is 4.78. The number of likely N-dealkylation sites (tertiary alicyclic amines) is 1. The molecule has 1 amide bonds. The summed E-state index contributed by atoms with van der Waals surface area (Å²) in [6, 6.07) is 4.55. The molecule has 1 N–H and O–H groups in total. The van der Waals surface area contributed by atoms with Crippen molar-refractivity contribution in [2.75, 3.05) is 26.2 Å². The number of carbonyl (C=O) groups excluding carboxylic acids is 1. The Kier molecular flexibility index (Phi) is 6.18. The van der Waals surface area contributed by atoms with E-state index in [0.29, 0.717) is 11.0 Å². The molecule has 0 spiro atoms. The number of hydrogen-bond acceptors (Lipinski definition) is 2. The van der Waals surface area contributed by atoms with E-state index in [1.165, 1.54) is 18.9 Å². The Labute approximate surface area is 134 Å². The first-order valence-corrected chi connectivity index (χ1v) is 8.32. The van der Waals surface area contributed by atoms with Gasteiger partial charge in [-0.3, -0.25) is 4.79 Å². The molecule has 1 aliphatic rings. The smallest absolute Gasteiger partial charge is 0.255 e. The maximum Gasteiger partial charge on any atom is 0.255 e. The van der Waals surface area contributed by atoms with E-state index in [9.17, 15) is 9.18 Å². The normalized spacial score (nSPS) is 16.9. The van der Waals surface area contributed by atoms with Gasteiger partial charge in [0.1, 0.15) is 5.82 Å². The van der Waals surface area contributed by atoms with Crippen molar-refractivity contribution >= 4 is 21.8 Å². The molecule has 1 aliphatic heterocycles. The molecule has 1 heterocycles. The lowest BCUT2D eigenvalue weighted by atomic mass is 9.99. The number of rotatable bonds is 5. The number of piperidine rings is 1. The van der Waals surface area contributed by atoms with Crippen LogP contribution >= 0.6 is 15.9 Å². The highest BCUT2D eigenvalue weighted by Crippen LogP contribution is 2.19. The molecule has 1 saturated heterocycles. The fourth-order valence-corrected chi connectivity index (χ4v) is 3.12. The molecule has 3 nitrogen and oxygen atoms in total. The van der Waals surface area contributed by atoms with Gasteiger partial charge in [0, 0.05) is 11.0 Å². The van der Waals surface area contributed by atoms with Gasteiger partial charge in [-0.25, -0.2) is 4.39 Å². The lowest BCUT2D eigenvalue weighted by Crippen LogP contribution is -2.35. The standard InChI is InChI=1S/C16H22BrFN2O/c1-12-6-10-20(11-7-12)9-3-8-19-16(21)15-13(17)4-2-5-14(15)18/h2,4-5,12H,3,6-11H2,1H3,(H,19,21). The summed E-state index contributed by atoms with van der Waals surface area (Å²) in [4.78, 5) is 14.4. The highest BCUT2D eigenvalue weighted by atomic mass is 79.9. The molecule has 0 saturated carbocycles. The molecule has 0 atom stereocenters. The second kappa shape index (κ2) is 7.90. The summed E-state index contributed by atoms with van der Waals surface area (Å²) in [5, 5.41) is 2.79. The first-order valence-electron chi connectivity index (χ1n) is 7.52. The summed E-state index contributed by atoms with van der Waals surface area (Å²) in [5.41, 5.74) is 0.0873. The molecular formula is C16H22BrFN2O. The minimum atomic E-state index is -0.494. The Morgan fingerprint density at radius 3 is 2.81 bits per heavy atom. The SMILES string of the molecule is CC1CCN(CCCNC(=O)c2c(F)cccc2Br)CC1. The largest absolute Gasteiger partial charge is 0.352 e. The monoisotopic (exact) mass is 356 g/mol. The molecule has 5 heteroatoms. The molecule has 0 unspecified atom stereocenters. The van der Waals surface area contributed by atoms with Gasteiger partial charge in [0.25, 0.3) is 5.91 Å². The van der Waals surface area contributed by atoms with Crippen molar-refractivity contribution in [3.05, 3.63) is 34.1 Å². The first-order chi connectivity index (χ1) is 10.1. The van der Waals surface area contributed by atoms with Gasteiger partial charge in [-0.05, 0) is 72.9 Å². The fraction of sp³-hybridized carbons (Fsp3) is 0.562. The van der Waals surface area contributed by atoms with E-state index in [4.69, 9.17) is 0 Å². The van der Waals surface area contributed by atoms with Gasteiger partial charge in [0.2, 0.25) is 0 Å². The molecular weight excluding hydrogens is 335 g/mol. The van der Waals surface area contributed by atoms with E-state index in [1.54, 1.807) is 12.1 Å². The van der Waals surface area contributed by atoms with Crippen LogP contribution in [0.1, 0.15) is 36.5 Å². The fourth-order valence-electron chi connectivity index (χ4n) is 2.59. The van der Waals surface area contributed by atoms with Gasteiger partial charge in [-0.1, -0.05) is 13.0 Å². The van der Waals surface area contributed by atoms with Crippen LogP contribution in [0.2, 0.25) is 0 Å². The van der Waals surface area contributed by atoms with E-state index < -0.39 is 5.82 Å². The summed E-state index contributed by atoms with van der Waals surface area (Å²) in [6.07, 6.45) is 3.41. The van der Waals surface area contributed by atoms with Crippen molar-refractivity contribution in [3.8, 4) is 0 Å². The van der Waals surface area contributed by atoms with Crippen LogP contribution in [0.5, 0.6) is 0 Å². The Balaban J connectivity index is 1.72. The Morgan fingerprint density at radius 2 is 2.14 bits per heavy atom. The average molecular weight is 357 g/mol. The predicted molar refractivity (Wildman–Crippen MR) is 85.9 cm³/mol. The number of hydrogen-bond donors (Lipinski definition) is 1. The van der Waals surface area contributed by atoms with Gasteiger partial charge >= 0.3 is 0 Å². The van der Waals surface area contributed by atoms with Crippen LogP contribution in [0, 0.1) is 11.7 Å². The number of nitrogens with one attached hydrogen (secondary N) is 1. The molecule has 2 rings (SSSR count).